The molecule has 6 heteroatoms. The van der Waals surface area contributed by atoms with Gasteiger partial charge in [0, 0.05) is 12.1 Å². The summed E-state index contributed by atoms with van der Waals surface area (Å²) in [7, 11) is 0. The first kappa shape index (κ1) is 12.1. The van der Waals surface area contributed by atoms with Crippen LogP contribution < -0.4 is 5.73 Å². The summed E-state index contributed by atoms with van der Waals surface area (Å²) in [5, 5.41) is 18.9. The second kappa shape index (κ2) is 5.22. The lowest BCUT2D eigenvalue weighted by Crippen LogP contribution is -2.30. The van der Waals surface area contributed by atoms with Crippen LogP contribution in [0, 0.1) is 10.1 Å². The van der Waals surface area contributed by atoms with Gasteiger partial charge < -0.3 is 10.8 Å². The Morgan fingerprint density at radius 1 is 1.44 bits per heavy atom. The number of non-ortho nitro benzene ring substituents is 1. The Morgan fingerprint density at radius 3 is 2.44 bits per heavy atom. The molecule has 0 spiro atoms. The molecule has 86 valence electrons. The normalized spacial score (nSPS) is 12.1. The van der Waals surface area contributed by atoms with Crippen molar-refractivity contribution in [2.75, 3.05) is 0 Å². The Labute approximate surface area is 91.8 Å². The van der Waals surface area contributed by atoms with E-state index < -0.39 is 16.9 Å². The topological polar surface area (TPSA) is 106 Å². The maximum Gasteiger partial charge on any atom is 0.320 e. The van der Waals surface area contributed by atoms with Gasteiger partial charge in [-0.05, 0) is 18.4 Å². The number of nitrogens with zero attached hydrogens (tertiary/aromatic N) is 1. The first-order valence-corrected chi connectivity index (χ1v) is 4.72. The zero-order valence-electron chi connectivity index (χ0n) is 8.50. The Bertz CT molecular complexity index is 388. The second-order valence-electron chi connectivity index (χ2n) is 3.41. The number of carboxylic acids is 1. The summed E-state index contributed by atoms with van der Waals surface area (Å²) in [6.07, 6.45) is 0.804. The molecule has 0 heterocycles. The first-order chi connectivity index (χ1) is 7.50. The minimum atomic E-state index is -1.04. The molecule has 0 aliphatic rings. The van der Waals surface area contributed by atoms with Crippen LogP contribution in [0.15, 0.2) is 24.3 Å². The lowest BCUT2D eigenvalue weighted by Gasteiger charge is -2.05. The van der Waals surface area contributed by atoms with Crippen molar-refractivity contribution >= 4 is 11.7 Å². The maximum atomic E-state index is 10.4. The number of rotatable bonds is 5. The largest absolute Gasteiger partial charge is 0.480 e. The molecule has 0 aromatic heterocycles. The minimum Gasteiger partial charge on any atom is -0.480 e. The van der Waals surface area contributed by atoms with E-state index in [9.17, 15) is 14.9 Å². The van der Waals surface area contributed by atoms with Crippen molar-refractivity contribution in [1.29, 1.82) is 0 Å². The third-order valence-corrected chi connectivity index (χ3v) is 2.21. The van der Waals surface area contributed by atoms with Crippen molar-refractivity contribution in [1.82, 2.24) is 0 Å². The van der Waals surface area contributed by atoms with Gasteiger partial charge >= 0.3 is 5.97 Å². The number of nitro groups is 1. The van der Waals surface area contributed by atoms with E-state index in [-0.39, 0.29) is 5.69 Å². The molecule has 6 nitrogen and oxygen atoms in total. The van der Waals surface area contributed by atoms with E-state index >= 15 is 0 Å². The quantitative estimate of drug-likeness (QED) is 0.571. The van der Waals surface area contributed by atoms with E-state index in [1.807, 2.05) is 0 Å². The van der Waals surface area contributed by atoms with Crippen LogP contribution in [0.3, 0.4) is 0 Å². The summed E-state index contributed by atoms with van der Waals surface area (Å²) in [6.45, 7) is 0. The molecular weight excluding hydrogens is 212 g/mol. The van der Waals surface area contributed by atoms with Crippen LogP contribution in [0.1, 0.15) is 12.0 Å². The standard InChI is InChI=1S/C10H12N2O4/c11-9(10(13)14)6-3-7-1-4-8(5-2-7)12(15)16/h1-2,4-5,9H,3,6,11H2,(H,13,14)/t9-/m0/s1. The van der Waals surface area contributed by atoms with Gasteiger partial charge in [0.15, 0.2) is 0 Å². The lowest BCUT2D eigenvalue weighted by molar-refractivity contribution is -0.384. The molecule has 1 atom stereocenters. The number of carboxylic acid groups (broad SMARTS) is 1. The van der Waals surface area contributed by atoms with Gasteiger partial charge in [-0.25, -0.2) is 0 Å². The molecule has 3 N–H and O–H groups in total. The van der Waals surface area contributed by atoms with E-state index in [4.69, 9.17) is 10.8 Å². The average molecular weight is 224 g/mol. The molecule has 0 saturated heterocycles. The molecule has 1 aromatic rings. The maximum absolute atomic E-state index is 10.4. The molecule has 16 heavy (non-hydrogen) atoms. The lowest BCUT2D eigenvalue weighted by atomic mass is 10.1. The van der Waals surface area contributed by atoms with Crippen molar-refractivity contribution in [3.8, 4) is 0 Å². The Balaban J connectivity index is 2.56. The molecule has 0 aliphatic heterocycles. The van der Waals surface area contributed by atoms with Crippen LogP contribution in [0.2, 0.25) is 0 Å². The van der Waals surface area contributed by atoms with E-state index in [2.05, 4.69) is 0 Å². The number of hydrogen-bond acceptors (Lipinski definition) is 4. The van der Waals surface area contributed by atoms with Gasteiger partial charge in [0.25, 0.3) is 5.69 Å². The molecule has 0 radical (unpaired) electrons. The Kier molecular flexibility index (Phi) is 3.96. The van der Waals surface area contributed by atoms with E-state index in [0.717, 1.165) is 5.56 Å². The van der Waals surface area contributed by atoms with Crippen LogP contribution in [-0.4, -0.2) is 22.0 Å². The highest BCUT2D eigenvalue weighted by atomic mass is 16.6. The molecule has 0 bridgehead atoms. The van der Waals surface area contributed by atoms with Gasteiger partial charge in [-0.2, -0.15) is 0 Å². The number of carbonyl (C=O) groups is 1. The van der Waals surface area contributed by atoms with Crippen LogP contribution in [0.25, 0.3) is 0 Å². The predicted molar refractivity (Wildman–Crippen MR) is 57.0 cm³/mol. The third-order valence-electron chi connectivity index (χ3n) is 2.21. The number of hydrogen-bond donors (Lipinski definition) is 2. The summed E-state index contributed by atoms with van der Waals surface area (Å²) in [6, 6.07) is 5.10. The molecule has 0 fully saturated rings. The minimum absolute atomic E-state index is 0.0197. The SMILES string of the molecule is N[C@@H](CCc1ccc([N+](=O)[O-])cc1)C(=O)O. The van der Waals surface area contributed by atoms with E-state index in [1.165, 1.54) is 12.1 Å². The van der Waals surface area contributed by atoms with E-state index in [0.29, 0.717) is 12.8 Å². The third kappa shape index (κ3) is 3.32. The second-order valence-corrected chi connectivity index (χ2v) is 3.41. The number of nitro benzene ring substituents is 1. The van der Waals surface area contributed by atoms with Gasteiger partial charge in [0.1, 0.15) is 6.04 Å². The van der Waals surface area contributed by atoms with E-state index in [1.54, 1.807) is 12.1 Å². The number of benzene rings is 1. The molecule has 0 unspecified atom stereocenters. The summed E-state index contributed by atoms with van der Waals surface area (Å²) < 4.78 is 0. The summed E-state index contributed by atoms with van der Waals surface area (Å²) in [4.78, 5) is 20.3. The molecule has 0 saturated carbocycles. The zero-order chi connectivity index (χ0) is 12.1. The highest BCUT2D eigenvalue weighted by Crippen LogP contribution is 2.13. The van der Waals surface area contributed by atoms with Gasteiger partial charge in [0.2, 0.25) is 0 Å². The van der Waals surface area contributed by atoms with Crippen molar-refractivity contribution in [2.45, 2.75) is 18.9 Å². The van der Waals surface area contributed by atoms with Gasteiger partial charge in [-0.15, -0.1) is 0 Å². The van der Waals surface area contributed by atoms with Crippen molar-refractivity contribution in [3.63, 3.8) is 0 Å². The predicted octanol–water partition coefficient (Wildman–Crippen LogP) is 0.939. The van der Waals surface area contributed by atoms with Crippen molar-refractivity contribution in [2.24, 2.45) is 5.73 Å². The number of aryl methyl sites for hydroxylation is 1. The molecule has 1 aromatic carbocycles. The fraction of sp³-hybridized carbons (Fsp3) is 0.300. The van der Waals surface area contributed by atoms with Gasteiger partial charge in [-0.3, -0.25) is 14.9 Å². The fourth-order valence-corrected chi connectivity index (χ4v) is 1.23. The van der Waals surface area contributed by atoms with Gasteiger partial charge in [0.05, 0.1) is 4.92 Å². The van der Waals surface area contributed by atoms with Crippen LogP contribution in [0.5, 0.6) is 0 Å². The van der Waals surface area contributed by atoms with Gasteiger partial charge in [-0.1, -0.05) is 12.1 Å². The fourth-order valence-electron chi connectivity index (χ4n) is 1.23. The number of aliphatic carboxylic acids is 1. The molecular formula is C10H12N2O4. The number of nitrogens with two attached hydrogens (primary N) is 1. The van der Waals surface area contributed by atoms with Crippen LogP contribution in [-0.2, 0) is 11.2 Å². The van der Waals surface area contributed by atoms with Crippen molar-refractivity contribution in [3.05, 3.63) is 39.9 Å². The summed E-state index contributed by atoms with van der Waals surface area (Å²) >= 11 is 0. The van der Waals surface area contributed by atoms with Crippen molar-refractivity contribution < 1.29 is 14.8 Å². The Hall–Kier alpha value is -1.95. The molecule has 0 aliphatic carbocycles. The molecule has 1 rings (SSSR count). The summed E-state index contributed by atoms with van der Waals surface area (Å²) in [5.74, 6) is -1.04. The zero-order valence-corrected chi connectivity index (χ0v) is 8.50. The monoisotopic (exact) mass is 224 g/mol. The van der Waals surface area contributed by atoms with Crippen LogP contribution >= 0.6 is 0 Å². The Morgan fingerprint density at radius 2 is 2.00 bits per heavy atom. The smallest absolute Gasteiger partial charge is 0.320 e. The van der Waals surface area contributed by atoms with Crippen LogP contribution in [0.4, 0.5) is 5.69 Å². The highest BCUT2D eigenvalue weighted by molar-refractivity contribution is 5.73. The average Bonchev–Trinajstić information content (AvgIpc) is 2.26. The first-order valence-electron chi connectivity index (χ1n) is 4.72. The molecule has 0 amide bonds. The summed E-state index contributed by atoms with van der Waals surface area (Å²) in [5.41, 5.74) is 6.19. The highest BCUT2D eigenvalue weighted by Gasteiger charge is 2.11.